The summed E-state index contributed by atoms with van der Waals surface area (Å²) in [7, 11) is 3.21. The van der Waals surface area contributed by atoms with E-state index in [9.17, 15) is 4.79 Å². The average molecular weight is 450 g/mol. The highest BCUT2D eigenvalue weighted by molar-refractivity contribution is 5.76. The van der Waals surface area contributed by atoms with Gasteiger partial charge in [0.2, 0.25) is 5.91 Å². The number of ether oxygens (including phenoxy) is 2. The molecule has 4 rings (SSSR count). The quantitative estimate of drug-likeness (QED) is 0.516. The first-order chi connectivity index (χ1) is 16.2. The molecule has 0 aliphatic carbocycles. The van der Waals surface area contributed by atoms with Crippen molar-refractivity contribution >= 4 is 5.91 Å². The highest BCUT2D eigenvalue weighted by Crippen LogP contribution is 2.29. The van der Waals surface area contributed by atoms with Crippen LogP contribution < -0.4 is 20.1 Å². The summed E-state index contributed by atoms with van der Waals surface area (Å²) in [5.41, 5.74) is 2.92. The molecular weight excluding hydrogens is 418 g/mol. The molecule has 0 spiro atoms. The summed E-state index contributed by atoms with van der Waals surface area (Å²) in [6.07, 6.45) is 2.26. The van der Waals surface area contributed by atoms with Crippen LogP contribution in [0.2, 0.25) is 0 Å². The summed E-state index contributed by atoms with van der Waals surface area (Å²) < 4.78 is 16.2. The first kappa shape index (κ1) is 22.9. The normalized spacial score (nSPS) is 18.0. The van der Waals surface area contributed by atoms with Crippen molar-refractivity contribution in [1.29, 1.82) is 0 Å². The number of methoxy groups -OCH3 is 2. The molecule has 174 valence electrons. The minimum absolute atomic E-state index is 0.0619. The van der Waals surface area contributed by atoms with Gasteiger partial charge in [-0.25, -0.2) is 0 Å². The maximum atomic E-state index is 12.7. The van der Waals surface area contributed by atoms with Crippen LogP contribution in [0.25, 0.3) is 11.3 Å². The lowest BCUT2D eigenvalue weighted by Crippen LogP contribution is -2.40. The van der Waals surface area contributed by atoms with E-state index in [1.54, 1.807) is 14.2 Å². The number of carbonyl (C=O) groups is 1. The molecule has 1 aromatic heterocycles. The van der Waals surface area contributed by atoms with Crippen LogP contribution in [-0.4, -0.2) is 38.4 Å². The number of hydrogen-bond acceptors (Lipinski definition) is 6. The number of aromatic nitrogens is 1. The van der Waals surface area contributed by atoms with Crippen molar-refractivity contribution in [2.75, 3.05) is 27.3 Å². The van der Waals surface area contributed by atoms with Gasteiger partial charge in [0.25, 0.3) is 0 Å². The van der Waals surface area contributed by atoms with Crippen LogP contribution in [-0.2, 0) is 17.8 Å². The zero-order valence-corrected chi connectivity index (χ0v) is 19.2. The lowest BCUT2D eigenvalue weighted by molar-refractivity contribution is -0.122. The maximum absolute atomic E-state index is 12.7. The summed E-state index contributed by atoms with van der Waals surface area (Å²) in [5.74, 6) is 2.80. The van der Waals surface area contributed by atoms with Crippen LogP contribution in [0.15, 0.2) is 59.1 Å². The van der Waals surface area contributed by atoms with Gasteiger partial charge >= 0.3 is 0 Å². The van der Waals surface area contributed by atoms with Gasteiger partial charge in [0.15, 0.2) is 17.3 Å². The number of amides is 1. The fourth-order valence-corrected chi connectivity index (χ4v) is 4.40. The van der Waals surface area contributed by atoms with Gasteiger partial charge in [-0.05, 0) is 55.5 Å². The number of nitrogens with one attached hydrogen (secondary N) is 2. The summed E-state index contributed by atoms with van der Waals surface area (Å²) >= 11 is 0. The molecule has 7 nitrogen and oxygen atoms in total. The molecule has 0 radical (unpaired) electrons. The Morgan fingerprint density at radius 2 is 1.91 bits per heavy atom. The Balaban J connectivity index is 1.33. The Labute approximate surface area is 194 Å². The predicted octanol–water partition coefficient (Wildman–Crippen LogP) is 3.83. The van der Waals surface area contributed by atoms with Gasteiger partial charge in [0, 0.05) is 24.6 Å². The smallest absolute Gasteiger partial charge is 0.220 e. The standard InChI is InChI=1S/C26H31N3O4/c1-31-23-9-8-18(12-25(23)32-2)16-28-26(30)14-20-10-11-27-17-21(20)13-22-15-24(33-29-22)19-6-4-3-5-7-19/h3-9,12,15,20-21,27H,10-11,13-14,16-17H2,1-2H3,(H,28,30)/t20-,21-/m0/s1. The molecule has 7 heteroatoms. The van der Waals surface area contributed by atoms with Crippen LogP contribution in [0.4, 0.5) is 0 Å². The van der Waals surface area contributed by atoms with Crippen molar-refractivity contribution in [3.63, 3.8) is 0 Å². The van der Waals surface area contributed by atoms with E-state index in [4.69, 9.17) is 14.0 Å². The number of carbonyl (C=O) groups excluding carboxylic acids is 1. The van der Waals surface area contributed by atoms with Gasteiger partial charge in [-0.3, -0.25) is 4.79 Å². The fraction of sp³-hybridized carbons (Fsp3) is 0.385. The molecule has 1 amide bonds. The lowest BCUT2D eigenvalue weighted by atomic mass is 9.81. The van der Waals surface area contributed by atoms with E-state index < -0.39 is 0 Å². The Morgan fingerprint density at radius 1 is 1.09 bits per heavy atom. The Morgan fingerprint density at radius 3 is 2.70 bits per heavy atom. The van der Waals surface area contributed by atoms with Crippen LogP contribution >= 0.6 is 0 Å². The van der Waals surface area contributed by atoms with E-state index in [1.165, 1.54) is 0 Å². The van der Waals surface area contributed by atoms with Crippen molar-refractivity contribution in [3.05, 3.63) is 65.9 Å². The molecule has 2 atom stereocenters. The summed E-state index contributed by atoms with van der Waals surface area (Å²) in [6, 6.07) is 17.7. The van der Waals surface area contributed by atoms with E-state index in [-0.39, 0.29) is 5.91 Å². The molecular formula is C26H31N3O4. The van der Waals surface area contributed by atoms with E-state index in [0.717, 1.165) is 48.5 Å². The predicted molar refractivity (Wildman–Crippen MR) is 126 cm³/mol. The van der Waals surface area contributed by atoms with Crippen molar-refractivity contribution in [2.24, 2.45) is 11.8 Å². The molecule has 1 saturated heterocycles. The van der Waals surface area contributed by atoms with Gasteiger partial charge in [-0.1, -0.05) is 41.6 Å². The number of rotatable bonds is 9. The van der Waals surface area contributed by atoms with Gasteiger partial charge in [0.05, 0.1) is 19.9 Å². The molecule has 0 saturated carbocycles. The number of benzene rings is 2. The fourth-order valence-electron chi connectivity index (χ4n) is 4.40. The Bertz CT molecular complexity index is 1050. The SMILES string of the molecule is COc1ccc(CNC(=O)C[C@@H]2CCNC[C@@H]2Cc2cc(-c3ccccc3)on2)cc1OC. The summed E-state index contributed by atoms with van der Waals surface area (Å²) in [6.45, 7) is 2.26. The zero-order chi connectivity index (χ0) is 23.0. The van der Waals surface area contributed by atoms with Gasteiger partial charge in [-0.2, -0.15) is 0 Å². The van der Waals surface area contributed by atoms with Crippen LogP contribution in [0, 0.1) is 11.8 Å². The van der Waals surface area contributed by atoms with Gasteiger partial charge < -0.3 is 24.6 Å². The van der Waals surface area contributed by atoms with Crippen LogP contribution in [0.1, 0.15) is 24.1 Å². The summed E-state index contributed by atoms with van der Waals surface area (Å²) in [5, 5.41) is 10.8. The molecule has 0 bridgehead atoms. The average Bonchev–Trinajstić information content (AvgIpc) is 3.33. The molecule has 3 aromatic rings. The van der Waals surface area contributed by atoms with E-state index >= 15 is 0 Å². The highest BCUT2D eigenvalue weighted by atomic mass is 16.5. The third kappa shape index (κ3) is 5.93. The second-order valence-corrected chi connectivity index (χ2v) is 8.44. The molecule has 1 aliphatic heterocycles. The molecule has 33 heavy (non-hydrogen) atoms. The van der Waals surface area contributed by atoms with Crippen molar-refractivity contribution < 1.29 is 18.8 Å². The number of nitrogens with zero attached hydrogens (tertiary/aromatic N) is 1. The Kier molecular flexibility index (Phi) is 7.62. The first-order valence-electron chi connectivity index (χ1n) is 11.4. The van der Waals surface area contributed by atoms with Crippen LogP contribution in [0.3, 0.4) is 0 Å². The number of piperidine rings is 1. The third-order valence-corrected chi connectivity index (χ3v) is 6.24. The monoisotopic (exact) mass is 449 g/mol. The number of hydrogen-bond donors (Lipinski definition) is 2. The Hall–Kier alpha value is -3.32. The van der Waals surface area contributed by atoms with Crippen molar-refractivity contribution in [2.45, 2.75) is 25.8 Å². The highest BCUT2D eigenvalue weighted by Gasteiger charge is 2.28. The second kappa shape index (κ2) is 11.0. The maximum Gasteiger partial charge on any atom is 0.220 e. The lowest BCUT2D eigenvalue weighted by Gasteiger charge is -2.31. The topological polar surface area (TPSA) is 85.6 Å². The minimum atomic E-state index is 0.0619. The molecule has 0 unspecified atom stereocenters. The first-order valence-corrected chi connectivity index (χ1v) is 11.4. The zero-order valence-electron chi connectivity index (χ0n) is 19.2. The molecule has 1 aliphatic rings. The van der Waals surface area contributed by atoms with Crippen LogP contribution in [0.5, 0.6) is 11.5 Å². The molecule has 2 N–H and O–H groups in total. The molecule has 1 fully saturated rings. The van der Waals surface area contributed by atoms with E-state index in [2.05, 4.69) is 15.8 Å². The molecule has 2 heterocycles. The minimum Gasteiger partial charge on any atom is -0.493 e. The second-order valence-electron chi connectivity index (χ2n) is 8.44. The van der Waals surface area contributed by atoms with E-state index in [0.29, 0.717) is 36.3 Å². The van der Waals surface area contributed by atoms with Crippen molar-refractivity contribution in [1.82, 2.24) is 15.8 Å². The van der Waals surface area contributed by atoms with E-state index in [1.807, 2.05) is 54.6 Å². The largest absolute Gasteiger partial charge is 0.493 e. The van der Waals surface area contributed by atoms with Gasteiger partial charge in [0.1, 0.15) is 0 Å². The summed E-state index contributed by atoms with van der Waals surface area (Å²) in [4.78, 5) is 12.7. The third-order valence-electron chi connectivity index (χ3n) is 6.24. The molecule has 2 aromatic carbocycles. The van der Waals surface area contributed by atoms with Crippen molar-refractivity contribution in [3.8, 4) is 22.8 Å². The van der Waals surface area contributed by atoms with Gasteiger partial charge in [-0.15, -0.1) is 0 Å².